The molecule has 0 N–H and O–H groups in total. The number of carbonyl (C=O) groups is 1. The van der Waals surface area contributed by atoms with Gasteiger partial charge in [0.05, 0.1) is 0 Å². The third-order valence-corrected chi connectivity index (χ3v) is 3.33. The van der Waals surface area contributed by atoms with E-state index >= 15 is 0 Å². The number of nitrogens with zero attached hydrogens (tertiary/aromatic N) is 2. The summed E-state index contributed by atoms with van der Waals surface area (Å²) in [5, 5.41) is 0. The summed E-state index contributed by atoms with van der Waals surface area (Å²) in [4.78, 5) is 17.6. The molecule has 1 aliphatic heterocycles. The van der Waals surface area contributed by atoms with Crippen molar-refractivity contribution in [3.05, 3.63) is 59.7 Å². The number of pyridine rings is 1. The number of hydrogen-bond acceptors (Lipinski definition) is 2. The molecule has 0 atom stereocenters. The summed E-state index contributed by atoms with van der Waals surface area (Å²) in [5.74, 6) is -0.801. The molecule has 2 heterocycles. The first-order valence-corrected chi connectivity index (χ1v) is 6.27. The molecule has 1 amide bonds. The van der Waals surface area contributed by atoms with Gasteiger partial charge in [-0.3, -0.25) is 4.79 Å². The van der Waals surface area contributed by atoms with Gasteiger partial charge in [-0.15, -0.1) is 0 Å². The van der Waals surface area contributed by atoms with Gasteiger partial charge < -0.3 is 4.90 Å². The highest BCUT2D eigenvalue weighted by molar-refractivity contribution is 6.06. The average molecular weight is 256 g/mol. The minimum Gasteiger partial charge on any atom is -0.308 e. The molecular formula is C15H13FN2O. The number of benzene rings is 1. The van der Waals surface area contributed by atoms with Gasteiger partial charge >= 0.3 is 0 Å². The smallest absolute Gasteiger partial charge is 0.258 e. The lowest BCUT2D eigenvalue weighted by Gasteiger charge is -2.29. The van der Waals surface area contributed by atoms with Crippen molar-refractivity contribution in [2.75, 3.05) is 11.4 Å². The number of halogens is 1. The summed E-state index contributed by atoms with van der Waals surface area (Å²) in [6, 6.07) is 10.6. The number of amides is 1. The minimum atomic E-state index is -0.629. The molecule has 3 rings (SSSR count). The van der Waals surface area contributed by atoms with Crippen LogP contribution in [0.3, 0.4) is 0 Å². The maximum atomic E-state index is 13.1. The monoisotopic (exact) mass is 256 g/mol. The average Bonchev–Trinajstić information content (AvgIpc) is 2.46. The van der Waals surface area contributed by atoms with Crippen LogP contribution in [0.15, 0.2) is 42.6 Å². The fourth-order valence-electron chi connectivity index (χ4n) is 2.44. The number of hydrogen-bond donors (Lipinski definition) is 0. The SMILES string of the molecule is O=C(c1ccnc(F)c1)N1CCCc2ccccc21. The maximum absolute atomic E-state index is 13.1. The molecule has 1 aromatic heterocycles. The fourth-order valence-corrected chi connectivity index (χ4v) is 2.44. The number of anilines is 1. The highest BCUT2D eigenvalue weighted by atomic mass is 19.1. The second-order valence-electron chi connectivity index (χ2n) is 4.56. The summed E-state index contributed by atoms with van der Waals surface area (Å²) in [5.41, 5.74) is 2.43. The molecule has 0 saturated heterocycles. The van der Waals surface area contributed by atoms with Gasteiger partial charge in [0.2, 0.25) is 5.95 Å². The van der Waals surface area contributed by atoms with Crippen LogP contribution < -0.4 is 4.90 Å². The van der Waals surface area contributed by atoms with E-state index in [9.17, 15) is 9.18 Å². The standard InChI is InChI=1S/C15H13FN2O/c16-14-10-12(7-8-17-14)15(19)18-9-3-5-11-4-1-2-6-13(11)18/h1-2,4,6-8,10H,3,5,9H2. The normalized spacial score (nSPS) is 14.1. The molecule has 96 valence electrons. The molecular weight excluding hydrogens is 243 g/mol. The Hall–Kier alpha value is -2.23. The zero-order valence-corrected chi connectivity index (χ0v) is 10.3. The molecule has 0 aliphatic carbocycles. The van der Waals surface area contributed by atoms with Crippen LogP contribution >= 0.6 is 0 Å². The van der Waals surface area contributed by atoms with Crippen molar-refractivity contribution in [1.29, 1.82) is 0 Å². The van der Waals surface area contributed by atoms with Crippen LogP contribution in [0.2, 0.25) is 0 Å². The number of fused-ring (bicyclic) bond motifs is 1. The van der Waals surface area contributed by atoms with E-state index < -0.39 is 5.95 Å². The molecule has 0 spiro atoms. The lowest BCUT2D eigenvalue weighted by Crippen LogP contribution is -2.35. The van der Waals surface area contributed by atoms with Gasteiger partial charge in [-0.2, -0.15) is 4.39 Å². The molecule has 2 aromatic rings. The Kier molecular flexibility index (Phi) is 2.99. The van der Waals surface area contributed by atoms with Crippen LogP contribution in [-0.4, -0.2) is 17.4 Å². The molecule has 3 nitrogen and oxygen atoms in total. The van der Waals surface area contributed by atoms with Gasteiger partial charge in [0.1, 0.15) is 0 Å². The number of para-hydroxylation sites is 1. The molecule has 1 aromatic carbocycles. The first kappa shape index (κ1) is 11.8. The van der Waals surface area contributed by atoms with Crippen LogP contribution in [0.4, 0.5) is 10.1 Å². The predicted molar refractivity (Wildman–Crippen MR) is 70.6 cm³/mol. The van der Waals surface area contributed by atoms with Crippen molar-refractivity contribution in [3.63, 3.8) is 0 Å². The predicted octanol–water partition coefficient (Wildman–Crippen LogP) is 2.81. The topological polar surface area (TPSA) is 33.2 Å². The van der Waals surface area contributed by atoms with Crippen LogP contribution in [-0.2, 0) is 6.42 Å². The molecule has 0 saturated carbocycles. The van der Waals surface area contributed by atoms with Gasteiger partial charge in [0.15, 0.2) is 0 Å². The Morgan fingerprint density at radius 2 is 2.11 bits per heavy atom. The lowest BCUT2D eigenvalue weighted by atomic mass is 10.0. The quantitative estimate of drug-likeness (QED) is 0.735. The highest BCUT2D eigenvalue weighted by Gasteiger charge is 2.23. The van der Waals surface area contributed by atoms with Crippen molar-refractivity contribution in [3.8, 4) is 0 Å². The third-order valence-electron chi connectivity index (χ3n) is 3.33. The summed E-state index contributed by atoms with van der Waals surface area (Å²) in [7, 11) is 0. The highest BCUT2D eigenvalue weighted by Crippen LogP contribution is 2.27. The molecule has 0 bridgehead atoms. The molecule has 0 unspecified atom stereocenters. The molecule has 1 aliphatic rings. The van der Waals surface area contributed by atoms with Crippen LogP contribution in [0.5, 0.6) is 0 Å². The Labute approximate surface area is 110 Å². The Morgan fingerprint density at radius 3 is 2.95 bits per heavy atom. The molecule has 4 heteroatoms. The van der Waals surface area contributed by atoms with Crippen molar-refractivity contribution >= 4 is 11.6 Å². The summed E-state index contributed by atoms with van der Waals surface area (Å²) in [6.07, 6.45) is 3.22. The van der Waals surface area contributed by atoms with E-state index in [1.54, 1.807) is 11.0 Å². The van der Waals surface area contributed by atoms with Crippen LogP contribution in [0.25, 0.3) is 0 Å². The zero-order valence-electron chi connectivity index (χ0n) is 10.3. The number of rotatable bonds is 1. The maximum Gasteiger partial charge on any atom is 0.258 e. The van der Waals surface area contributed by atoms with E-state index in [0.717, 1.165) is 24.1 Å². The van der Waals surface area contributed by atoms with Gasteiger partial charge in [-0.25, -0.2) is 4.98 Å². The van der Waals surface area contributed by atoms with Gasteiger partial charge in [0.25, 0.3) is 5.91 Å². The van der Waals surface area contributed by atoms with Crippen LogP contribution in [0.1, 0.15) is 22.3 Å². The van der Waals surface area contributed by atoms with E-state index in [4.69, 9.17) is 0 Å². The molecule has 0 radical (unpaired) electrons. The minimum absolute atomic E-state index is 0.173. The van der Waals surface area contributed by atoms with E-state index in [1.807, 2.05) is 24.3 Å². The first-order valence-electron chi connectivity index (χ1n) is 6.27. The second-order valence-corrected chi connectivity index (χ2v) is 4.56. The van der Waals surface area contributed by atoms with Gasteiger partial charge in [0, 0.05) is 30.1 Å². The number of aromatic nitrogens is 1. The van der Waals surface area contributed by atoms with E-state index in [0.29, 0.717) is 12.1 Å². The van der Waals surface area contributed by atoms with Crippen molar-refractivity contribution < 1.29 is 9.18 Å². The Bertz CT molecular complexity index is 627. The van der Waals surface area contributed by atoms with Crippen molar-refractivity contribution in [1.82, 2.24) is 4.98 Å². The van der Waals surface area contributed by atoms with Gasteiger partial charge in [-0.05, 0) is 30.5 Å². The zero-order chi connectivity index (χ0) is 13.2. The largest absolute Gasteiger partial charge is 0.308 e. The Balaban J connectivity index is 1.98. The fraction of sp³-hybridized carbons (Fsp3) is 0.200. The summed E-state index contributed by atoms with van der Waals surface area (Å²) in [6.45, 7) is 0.666. The van der Waals surface area contributed by atoms with Crippen molar-refractivity contribution in [2.45, 2.75) is 12.8 Å². The van der Waals surface area contributed by atoms with E-state index in [1.165, 1.54) is 12.3 Å². The molecule has 19 heavy (non-hydrogen) atoms. The third kappa shape index (κ3) is 2.21. The summed E-state index contributed by atoms with van der Waals surface area (Å²) >= 11 is 0. The number of carbonyl (C=O) groups excluding carboxylic acids is 1. The lowest BCUT2D eigenvalue weighted by molar-refractivity contribution is 0.0984. The Morgan fingerprint density at radius 1 is 1.26 bits per heavy atom. The van der Waals surface area contributed by atoms with Crippen molar-refractivity contribution in [2.24, 2.45) is 0 Å². The first-order chi connectivity index (χ1) is 9.25. The summed E-state index contributed by atoms with van der Waals surface area (Å²) < 4.78 is 13.1. The van der Waals surface area contributed by atoms with Crippen LogP contribution in [0, 0.1) is 5.95 Å². The van der Waals surface area contributed by atoms with E-state index in [-0.39, 0.29) is 5.91 Å². The molecule has 0 fully saturated rings. The number of aryl methyl sites for hydroxylation is 1. The second kappa shape index (κ2) is 4.80. The van der Waals surface area contributed by atoms with E-state index in [2.05, 4.69) is 4.98 Å². The van der Waals surface area contributed by atoms with Gasteiger partial charge in [-0.1, -0.05) is 18.2 Å².